The summed E-state index contributed by atoms with van der Waals surface area (Å²) in [6, 6.07) is 17.1. The Morgan fingerprint density at radius 1 is 1.04 bits per heavy atom. The molecule has 0 radical (unpaired) electrons. The largest absolute Gasteiger partial charge is 0.346 e. The first-order valence-electron chi connectivity index (χ1n) is 7.37. The summed E-state index contributed by atoms with van der Waals surface area (Å²) in [5.41, 5.74) is 2.69. The topological polar surface area (TPSA) is 42.0 Å². The molecule has 3 nitrogen and oxygen atoms in total. The van der Waals surface area contributed by atoms with Crippen LogP contribution in [-0.2, 0) is 6.54 Å². The summed E-state index contributed by atoms with van der Waals surface area (Å²) >= 11 is 5.70. The van der Waals surface area contributed by atoms with Crippen molar-refractivity contribution in [3.63, 3.8) is 0 Å². The lowest BCUT2D eigenvalue weighted by Crippen LogP contribution is -2.23. The maximum absolute atomic E-state index is 13.6. The molecule has 0 saturated heterocycles. The highest BCUT2D eigenvalue weighted by Gasteiger charge is 2.09. The van der Waals surface area contributed by atoms with Crippen LogP contribution in [0.5, 0.6) is 0 Å². The molecule has 1 aromatic heterocycles. The minimum Gasteiger partial charge on any atom is -0.346 e. The highest BCUT2D eigenvalue weighted by molar-refractivity contribution is 6.30. The molecule has 24 heavy (non-hydrogen) atoms. The van der Waals surface area contributed by atoms with Gasteiger partial charge in [-0.15, -0.1) is 0 Å². The van der Waals surface area contributed by atoms with E-state index in [1.807, 2.05) is 24.3 Å². The van der Waals surface area contributed by atoms with Gasteiger partial charge in [0.25, 0.3) is 5.91 Å². The molecule has 120 valence electrons. The van der Waals surface area contributed by atoms with Crippen LogP contribution < -0.4 is 5.32 Å². The van der Waals surface area contributed by atoms with Crippen molar-refractivity contribution in [2.75, 3.05) is 0 Å². The quantitative estimate of drug-likeness (QED) is 0.761. The van der Waals surface area contributed by atoms with Gasteiger partial charge in [-0.3, -0.25) is 9.78 Å². The molecule has 5 heteroatoms. The van der Waals surface area contributed by atoms with Crippen LogP contribution in [0.2, 0.25) is 5.02 Å². The molecule has 0 aliphatic rings. The third-order valence-corrected chi connectivity index (χ3v) is 3.84. The maximum Gasteiger partial charge on any atom is 0.251 e. The predicted molar refractivity (Wildman–Crippen MR) is 92.3 cm³/mol. The van der Waals surface area contributed by atoms with Crippen molar-refractivity contribution < 1.29 is 9.18 Å². The molecule has 0 aliphatic carbocycles. The summed E-state index contributed by atoms with van der Waals surface area (Å²) in [5, 5.41) is 2.89. The summed E-state index contributed by atoms with van der Waals surface area (Å²) in [5.74, 6) is -0.698. The SMILES string of the molecule is O=C(NCc1ccccn1)c1cccc(-c2ccc(Cl)c(F)c2)c1. The van der Waals surface area contributed by atoms with Gasteiger partial charge in [0.05, 0.1) is 17.3 Å². The number of hydrogen-bond donors (Lipinski definition) is 1. The first-order valence-corrected chi connectivity index (χ1v) is 7.75. The summed E-state index contributed by atoms with van der Waals surface area (Å²) in [6.07, 6.45) is 1.68. The fourth-order valence-electron chi connectivity index (χ4n) is 2.29. The van der Waals surface area contributed by atoms with Crippen LogP contribution >= 0.6 is 11.6 Å². The Hall–Kier alpha value is -2.72. The molecular weight excluding hydrogens is 327 g/mol. The second-order valence-corrected chi connectivity index (χ2v) is 5.62. The van der Waals surface area contributed by atoms with E-state index in [9.17, 15) is 9.18 Å². The number of pyridine rings is 1. The van der Waals surface area contributed by atoms with Crippen molar-refractivity contribution in [1.82, 2.24) is 10.3 Å². The number of carbonyl (C=O) groups is 1. The van der Waals surface area contributed by atoms with E-state index in [1.165, 1.54) is 12.1 Å². The molecule has 3 aromatic rings. The molecule has 1 heterocycles. The fourth-order valence-corrected chi connectivity index (χ4v) is 2.41. The van der Waals surface area contributed by atoms with E-state index in [0.717, 1.165) is 11.3 Å². The number of halogens is 2. The minimum atomic E-state index is -0.487. The first-order chi connectivity index (χ1) is 11.6. The van der Waals surface area contributed by atoms with Gasteiger partial charge >= 0.3 is 0 Å². The van der Waals surface area contributed by atoms with E-state index in [2.05, 4.69) is 10.3 Å². The van der Waals surface area contributed by atoms with Gasteiger partial charge in [-0.05, 0) is 47.5 Å². The lowest BCUT2D eigenvalue weighted by Gasteiger charge is -2.08. The summed E-state index contributed by atoms with van der Waals surface area (Å²) in [7, 11) is 0. The molecule has 0 atom stereocenters. The van der Waals surface area contributed by atoms with Crippen LogP contribution in [0, 0.1) is 5.82 Å². The Morgan fingerprint density at radius 2 is 1.88 bits per heavy atom. The summed E-state index contributed by atoms with van der Waals surface area (Å²) in [6.45, 7) is 0.347. The van der Waals surface area contributed by atoms with Crippen molar-refractivity contribution >= 4 is 17.5 Å². The minimum absolute atomic E-state index is 0.0722. The van der Waals surface area contributed by atoms with Crippen LogP contribution in [-0.4, -0.2) is 10.9 Å². The lowest BCUT2D eigenvalue weighted by atomic mass is 10.0. The number of nitrogens with one attached hydrogen (secondary N) is 1. The van der Waals surface area contributed by atoms with Crippen molar-refractivity contribution in [3.05, 3.63) is 89.0 Å². The molecule has 1 N–H and O–H groups in total. The molecule has 1 amide bonds. The average molecular weight is 341 g/mol. The van der Waals surface area contributed by atoms with Crippen molar-refractivity contribution in [2.45, 2.75) is 6.54 Å². The molecule has 3 rings (SSSR count). The van der Waals surface area contributed by atoms with Gasteiger partial charge in [0.15, 0.2) is 0 Å². The monoisotopic (exact) mass is 340 g/mol. The molecular formula is C19H14ClFN2O. The lowest BCUT2D eigenvalue weighted by molar-refractivity contribution is 0.0950. The Kier molecular flexibility index (Phi) is 4.87. The number of hydrogen-bond acceptors (Lipinski definition) is 2. The van der Waals surface area contributed by atoms with Gasteiger partial charge in [0.2, 0.25) is 0 Å². The van der Waals surface area contributed by atoms with E-state index in [0.29, 0.717) is 17.7 Å². The summed E-state index contributed by atoms with van der Waals surface area (Å²) in [4.78, 5) is 16.4. The smallest absolute Gasteiger partial charge is 0.251 e. The molecule has 0 aliphatic heterocycles. The normalized spacial score (nSPS) is 10.4. The van der Waals surface area contributed by atoms with E-state index >= 15 is 0 Å². The van der Waals surface area contributed by atoms with Crippen molar-refractivity contribution in [1.29, 1.82) is 0 Å². The van der Waals surface area contributed by atoms with Crippen LogP contribution in [0.3, 0.4) is 0 Å². The highest BCUT2D eigenvalue weighted by Crippen LogP contribution is 2.25. The van der Waals surface area contributed by atoms with Crippen LogP contribution in [0.25, 0.3) is 11.1 Å². The number of rotatable bonds is 4. The third kappa shape index (κ3) is 3.78. The van der Waals surface area contributed by atoms with Gasteiger partial charge in [0.1, 0.15) is 5.82 Å². The van der Waals surface area contributed by atoms with E-state index in [4.69, 9.17) is 11.6 Å². The average Bonchev–Trinajstić information content (AvgIpc) is 2.63. The van der Waals surface area contributed by atoms with Gasteiger partial charge in [-0.25, -0.2) is 4.39 Å². The van der Waals surface area contributed by atoms with E-state index < -0.39 is 5.82 Å². The molecule has 0 fully saturated rings. The number of amides is 1. The van der Waals surface area contributed by atoms with Gasteiger partial charge in [0, 0.05) is 11.8 Å². The zero-order valence-corrected chi connectivity index (χ0v) is 13.4. The Balaban J connectivity index is 1.77. The number of aromatic nitrogens is 1. The Bertz CT molecular complexity index is 868. The van der Waals surface area contributed by atoms with Crippen molar-refractivity contribution in [2.24, 2.45) is 0 Å². The number of nitrogens with zero attached hydrogens (tertiary/aromatic N) is 1. The number of carbonyl (C=O) groups excluding carboxylic acids is 1. The standard InChI is InChI=1S/C19H14ClFN2O/c20-17-8-7-14(11-18(17)21)13-4-3-5-15(10-13)19(24)23-12-16-6-1-2-9-22-16/h1-11H,12H2,(H,23,24). The zero-order chi connectivity index (χ0) is 16.9. The van der Waals surface area contributed by atoms with Crippen LogP contribution in [0.1, 0.15) is 16.1 Å². The Labute approximate surface area is 144 Å². The van der Waals surface area contributed by atoms with E-state index in [-0.39, 0.29) is 10.9 Å². The highest BCUT2D eigenvalue weighted by atomic mass is 35.5. The van der Waals surface area contributed by atoms with Gasteiger partial charge in [-0.2, -0.15) is 0 Å². The second kappa shape index (κ2) is 7.23. The Morgan fingerprint density at radius 3 is 2.62 bits per heavy atom. The van der Waals surface area contributed by atoms with Crippen LogP contribution in [0.15, 0.2) is 66.9 Å². The summed E-state index contributed by atoms with van der Waals surface area (Å²) < 4.78 is 13.6. The van der Waals surface area contributed by atoms with Crippen molar-refractivity contribution in [3.8, 4) is 11.1 Å². The number of benzene rings is 2. The molecule has 2 aromatic carbocycles. The first kappa shape index (κ1) is 16.1. The van der Waals surface area contributed by atoms with E-state index in [1.54, 1.807) is 30.5 Å². The molecule has 0 saturated carbocycles. The zero-order valence-electron chi connectivity index (χ0n) is 12.7. The molecule has 0 unspecified atom stereocenters. The predicted octanol–water partition coefficient (Wildman–Crippen LogP) is 4.47. The molecule has 0 spiro atoms. The second-order valence-electron chi connectivity index (χ2n) is 5.21. The third-order valence-electron chi connectivity index (χ3n) is 3.53. The van der Waals surface area contributed by atoms with Gasteiger partial charge in [-0.1, -0.05) is 35.9 Å². The van der Waals surface area contributed by atoms with Gasteiger partial charge < -0.3 is 5.32 Å². The fraction of sp³-hybridized carbons (Fsp3) is 0.0526. The van der Waals surface area contributed by atoms with Crippen LogP contribution in [0.4, 0.5) is 4.39 Å². The molecule has 0 bridgehead atoms. The maximum atomic E-state index is 13.6.